The summed E-state index contributed by atoms with van der Waals surface area (Å²) in [5.74, 6) is -0.173. The van der Waals surface area contributed by atoms with Crippen molar-refractivity contribution >= 4 is 11.9 Å². The molecule has 1 heterocycles. The Hall–Kier alpha value is -1.84. The number of hydrogen-bond acceptors (Lipinski definition) is 2. The highest BCUT2D eigenvalue weighted by Crippen LogP contribution is 2.21. The quantitative estimate of drug-likeness (QED) is 0.813. The minimum absolute atomic E-state index is 0.173. The van der Waals surface area contributed by atoms with E-state index < -0.39 is 5.54 Å². The number of carbonyl (C=O) groups is 2. The van der Waals surface area contributed by atoms with E-state index in [9.17, 15) is 9.59 Å². The third-order valence-electron chi connectivity index (χ3n) is 3.28. The standard InChI is InChI=1S/C14H18N2O2/c1-9-5-6-10(2)11(7-9)8-16-12(17)14(3,4)15-13(16)18/h5-7H,8H2,1-4H3,(H,15,18). The molecule has 0 aromatic heterocycles. The molecule has 1 aromatic rings. The van der Waals surface area contributed by atoms with Gasteiger partial charge in [-0.05, 0) is 38.8 Å². The van der Waals surface area contributed by atoms with Crippen molar-refractivity contribution in [3.05, 3.63) is 34.9 Å². The molecule has 0 unspecified atom stereocenters. The van der Waals surface area contributed by atoms with Gasteiger partial charge < -0.3 is 5.32 Å². The second-order valence-corrected chi connectivity index (χ2v) is 5.38. The molecule has 18 heavy (non-hydrogen) atoms. The summed E-state index contributed by atoms with van der Waals surface area (Å²) in [6, 6.07) is 5.73. The number of aryl methyl sites for hydroxylation is 2. The van der Waals surface area contributed by atoms with Gasteiger partial charge >= 0.3 is 6.03 Å². The highest BCUT2D eigenvalue weighted by Gasteiger charge is 2.44. The van der Waals surface area contributed by atoms with Crippen LogP contribution >= 0.6 is 0 Å². The maximum Gasteiger partial charge on any atom is 0.325 e. The fourth-order valence-electron chi connectivity index (χ4n) is 2.10. The maximum absolute atomic E-state index is 12.1. The average molecular weight is 246 g/mol. The minimum Gasteiger partial charge on any atom is -0.324 e. The minimum atomic E-state index is -0.797. The molecule has 2 rings (SSSR count). The number of nitrogens with zero attached hydrogens (tertiary/aromatic N) is 1. The number of hydrogen-bond donors (Lipinski definition) is 1. The Kier molecular flexibility index (Phi) is 2.89. The van der Waals surface area contributed by atoms with E-state index in [-0.39, 0.29) is 11.9 Å². The lowest BCUT2D eigenvalue weighted by atomic mass is 10.0. The maximum atomic E-state index is 12.1. The van der Waals surface area contributed by atoms with Gasteiger partial charge in [0, 0.05) is 0 Å². The van der Waals surface area contributed by atoms with Gasteiger partial charge in [0.15, 0.2) is 0 Å². The molecule has 1 aliphatic rings. The molecule has 4 nitrogen and oxygen atoms in total. The van der Waals surface area contributed by atoms with Crippen LogP contribution in [0, 0.1) is 13.8 Å². The largest absolute Gasteiger partial charge is 0.325 e. The topological polar surface area (TPSA) is 49.4 Å². The highest BCUT2D eigenvalue weighted by atomic mass is 16.2. The molecule has 1 aliphatic heterocycles. The Bertz CT molecular complexity index is 521. The van der Waals surface area contributed by atoms with Crippen molar-refractivity contribution in [3.8, 4) is 0 Å². The summed E-state index contributed by atoms with van der Waals surface area (Å²) in [4.78, 5) is 25.2. The molecular formula is C14H18N2O2. The van der Waals surface area contributed by atoms with Crippen molar-refractivity contribution in [1.82, 2.24) is 10.2 Å². The van der Waals surface area contributed by atoms with Gasteiger partial charge in [0.05, 0.1) is 6.54 Å². The average Bonchev–Trinajstić information content (AvgIpc) is 2.46. The fourth-order valence-corrected chi connectivity index (χ4v) is 2.10. The number of amides is 3. The summed E-state index contributed by atoms with van der Waals surface area (Å²) in [6.45, 7) is 7.76. The predicted molar refractivity (Wildman–Crippen MR) is 69.1 cm³/mol. The Balaban J connectivity index is 2.27. The molecule has 4 heteroatoms. The van der Waals surface area contributed by atoms with Gasteiger partial charge in [-0.1, -0.05) is 23.8 Å². The van der Waals surface area contributed by atoms with Crippen LogP contribution in [0.5, 0.6) is 0 Å². The lowest BCUT2D eigenvalue weighted by molar-refractivity contribution is -0.130. The molecule has 0 bridgehead atoms. The molecular weight excluding hydrogens is 228 g/mol. The van der Waals surface area contributed by atoms with Crippen molar-refractivity contribution in [1.29, 1.82) is 0 Å². The third-order valence-corrected chi connectivity index (χ3v) is 3.28. The number of imide groups is 1. The van der Waals surface area contributed by atoms with Crippen LogP contribution in [0.15, 0.2) is 18.2 Å². The first-order valence-corrected chi connectivity index (χ1v) is 6.01. The van der Waals surface area contributed by atoms with E-state index in [0.29, 0.717) is 6.54 Å². The molecule has 1 fully saturated rings. The van der Waals surface area contributed by atoms with Gasteiger partial charge in [0.1, 0.15) is 5.54 Å². The van der Waals surface area contributed by atoms with Crippen LogP contribution in [-0.4, -0.2) is 22.4 Å². The molecule has 0 saturated carbocycles. The zero-order chi connectivity index (χ0) is 13.5. The summed E-state index contributed by atoms with van der Waals surface area (Å²) in [7, 11) is 0. The summed E-state index contributed by atoms with van der Waals surface area (Å²) in [5.41, 5.74) is 2.43. The summed E-state index contributed by atoms with van der Waals surface area (Å²) >= 11 is 0. The monoisotopic (exact) mass is 246 g/mol. The van der Waals surface area contributed by atoms with Crippen LogP contribution in [0.4, 0.5) is 4.79 Å². The molecule has 1 aromatic carbocycles. The zero-order valence-corrected chi connectivity index (χ0v) is 11.2. The molecule has 0 radical (unpaired) electrons. The Morgan fingerprint density at radius 3 is 2.44 bits per heavy atom. The van der Waals surface area contributed by atoms with E-state index in [2.05, 4.69) is 5.32 Å². The number of urea groups is 1. The van der Waals surface area contributed by atoms with Crippen molar-refractivity contribution in [3.63, 3.8) is 0 Å². The van der Waals surface area contributed by atoms with E-state index in [1.807, 2.05) is 32.0 Å². The van der Waals surface area contributed by atoms with Crippen LogP contribution in [0.3, 0.4) is 0 Å². The molecule has 3 amide bonds. The first-order valence-electron chi connectivity index (χ1n) is 6.01. The van der Waals surface area contributed by atoms with Crippen LogP contribution < -0.4 is 5.32 Å². The van der Waals surface area contributed by atoms with Gasteiger partial charge in [0.25, 0.3) is 5.91 Å². The van der Waals surface area contributed by atoms with Crippen molar-refractivity contribution in [2.75, 3.05) is 0 Å². The summed E-state index contributed by atoms with van der Waals surface area (Å²) in [6.07, 6.45) is 0. The fraction of sp³-hybridized carbons (Fsp3) is 0.429. The van der Waals surface area contributed by atoms with Crippen LogP contribution in [0.25, 0.3) is 0 Å². The summed E-state index contributed by atoms with van der Waals surface area (Å²) in [5, 5.41) is 2.68. The number of rotatable bonds is 2. The second kappa shape index (κ2) is 4.12. The second-order valence-electron chi connectivity index (χ2n) is 5.38. The van der Waals surface area contributed by atoms with Gasteiger partial charge in [-0.15, -0.1) is 0 Å². The lowest BCUT2D eigenvalue weighted by Crippen LogP contribution is -2.40. The molecule has 96 valence electrons. The smallest absolute Gasteiger partial charge is 0.324 e. The summed E-state index contributed by atoms with van der Waals surface area (Å²) < 4.78 is 0. The molecule has 1 N–H and O–H groups in total. The van der Waals surface area contributed by atoms with Gasteiger partial charge in [-0.25, -0.2) is 4.79 Å². The molecule has 1 saturated heterocycles. The highest BCUT2D eigenvalue weighted by molar-refractivity contribution is 6.06. The van der Waals surface area contributed by atoms with E-state index in [0.717, 1.165) is 16.7 Å². The van der Waals surface area contributed by atoms with Crippen molar-refractivity contribution < 1.29 is 9.59 Å². The number of carbonyl (C=O) groups excluding carboxylic acids is 2. The zero-order valence-electron chi connectivity index (χ0n) is 11.2. The number of benzene rings is 1. The van der Waals surface area contributed by atoms with Crippen LogP contribution in [0.2, 0.25) is 0 Å². The predicted octanol–water partition coefficient (Wildman–Crippen LogP) is 2.13. The van der Waals surface area contributed by atoms with Crippen molar-refractivity contribution in [2.24, 2.45) is 0 Å². The van der Waals surface area contributed by atoms with Gasteiger partial charge in [-0.3, -0.25) is 9.69 Å². The third kappa shape index (κ3) is 2.10. The normalized spacial score (nSPS) is 18.1. The molecule has 0 aliphatic carbocycles. The Morgan fingerprint density at radius 2 is 1.89 bits per heavy atom. The van der Waals surface area contributed by atoms with Crippen molar-refractivity contribution in [2.45, 2.75) is 39.8 Å². The SMILES string of the molecule is Cc1ccc(C)c(CN2C(=O)NC(C)(C)C2=O)c1. The van der Waals surface area contributed by atoms with E-state index >= 15 is 0 Å². The first-order chi connectivity index (χ1) is 8.31. The Morgan fingerprint density at radius 1 is 1.22 bits per heavy atom. The van der Waals surface area contributed by atoms with E-state index in [1.165, 1.54) is 4.90 Å². The van der Waals surface area contributed by atoms with E-state index in [1.54, 1.807) is 13.8 Å². The molecule has 0 spiro atoms. The van der Waals surface area contributed by atoms with Gasteiger partial charge in [-0.2, -0.15) is 0 Å². The first kappa shape index (κ1) is 12.6. The van der Waals surface area contributed by atoms with Gasteiger partial charge in [0.2, 0.25) is 0 Å². The molecule has 0 atom stereocenters. The Labute approximate surface area is 107 Å². The lowest BCUT2D eigenvalue weighted by Gasteiger charge is -2.17. The number of nitrogens with one attached hydrogen (secondary N) is 1. The van der Waals surface area contributed by atoms with Crippen LogP contribution in [0.1, 0.15) is 30.5 Å². The van der Waals surface area contributed by atoms with Crippen LogP contribution in [-0.2, 0) is 11.3 Å². The van der Waals surface area contributed by atoms with E-state index in [4.69, 9.17) is 0 Å².